The molecule has 10 nitrogen and oxygen atoms in total. The van der Waals surface area contributed by atoms with Crippen LogP contribution in [-0.4, -0.2) is 70.3 Å². The van der Waals surface area contributed by atoms with Crippen molar-refractivity contribution >= 4 is 34.5 Å². The van der Waals surface area contributed by atoms with Gasteiger partial charge in [0.2, 0.25) is 17.7 Å². The predicted octanol–water partition coefficient (Wildman–Crippen LogP) is 4.12. The zero-order valence-corrected chi connectivity index (χ0v) is 28.4. The second-order valence-corrected chi connectivity index (χ2v) is 14.6. The number of carbonyl (C=O) groups is 4. The molecule has 1 saturated carbocycles. The molecule has 1 aromatic heterocycles. The summed E-state index contributed by atoms with van der Waals surface area (Å²) >= 11 is 0. The van der Waals surface area contributed by atoms with Gasteiger partial charge >= 0.3 is 0 Å². The van der Waals surface area contributed by atoms with E-state index in [-0.39, 0.29) is 35.6 Å². The first-order valence-electron chi connectivity index (χ1n) is 17.3. The number of hydrogen-bond donors (Lipinski definition) is 4. The van der Waals surface area contributed by atoms with Crippen LogP contribution in [0.3, 0.4) is 0 Å². The van der Waals surface area contributed by atoms with Gasteiger partial charge in [0.05, 0.1) is 18.0 Å². The van der Waals surface area contributed by atoms with E-state index in [1.807, 2.05) is 75.4 Å². The highest BCUT2D eigenvalue weighted by atomic mass is 16.2. The number of fused-ring (bicyclic) bond motifs is 2. The van der Waals surface area contributed by atoms with E-state index in [0.717, 1.165) is 23.9 Å². The molecule has 2 aliphatic rings. The van der Waals surface area contributed by atoms with Crippen LogP contribution in [0.4, 0.5) is 0 Å². The number of primary amides is 1. The van der Waals surface area contributed by atoms with E-state index < -0.39 is 23.8 Å². The zero-order valence-electron chi connectivity index (χ0n) is 28.4. The Morgan fingerprint density at radius 3 is 2.35 bits per heavy atom. The fraction of sp³-hybridized carbons (Fsp3) is 0.500. The van der Waals surface area contributed by atoms with E-state index in [9.17, 15) is 19.2 Å². The molecule has 5 N–H and O–H groups in total. The molecule has 2 heterocycles. The second-order valence-electron chi connectivity index (χ2n) is 14.6. The average molecular weight is 655 g/mol. The summed E-state index contributed by atoms with van der Waals surface area (Å²) in [5.74, 6) is -0.577. The lowest BCUT2D eigenvalue weighted by atomic mass is 9.72. The molecule has 4 unspecified atom stereocenters. The molecule has 4 amide bonds. The molecule has 5 rings (SSSR count). The van der Waals surface area contributed by atoms with Crippen molar-refractivity contribution < 1.29 is 19.2 Å². The van der Waals surface area contributed by atoms with Crippen LogP contribution >= 0.6 is 0 Å². The van der Waals surface area contributed by atoms with Gasteiger partial charge in [0.25, 0.3) is 5.91 Å². The van der Waals surface area contributed by atoms with Gasteiger partial charge in [0, 0.05) is 30.1 Å². The predicted molar refractivity (Wildman–Crippen MR) is 187 cm³/mol. The van der Waals surface area contributed by atoms with Gasteiger partial charge in [-0.15, -0.1) is 0 Å². The number of nitrogens with two attached hydrogens (primary N) is 1. The van der Waals surface area contributed by atoms with Crippen molar-refractivity contribution in [2.45, 2.75) is 95.8 Å². The van der Waals surface area contributed by atoms with Gasteiger partial charge < -0.3 is 21.7 Å². The molecule has 1 aliphatic carbocycles. The van der Waals surface area contributed by atoms with Crippen molar-refractivity contribution in [1.29, 1.82) is 0 Å². The third-order valence-electron chi connectivity index (χ3n) is 9.60. The van der Waals surface area contributed by atoms with Gasteiger partial charge in [0.1, 0.15) is 11.7 Å². The van der Waals surface area contributed by atoms with Crippen molar-refractivity contribution in [1.82, 2.24) is 25.8 Å². The summed E-state index contributed by atoms with van der Waals surface area (Å²) < 4.78 is 0. The standard InChI is InChI=1S/C38H50N6O4/c1-38(2,3)43-37(48)33-22-27-14-7-8-15-28(27)24-44(33)20-19-29(21-25-11-5-4-6-12-25)40-36(47)32(23-34(39)45)42-35(46)31-18-17-26-13-9-10-16-30(26)41-31/h4-6,9-13,16-18,27-29,32-33H,7-8,14-15,19-24H2,1-3H3,(H2,39,45)(H,40,47)(H,42,46)(H,43,48)/t27?,28?,29-,32?,33?/m1/s1. The molecule has 3 aromatic rings. The van der Waals surface area contributed by atoms with E-state index >= 15 is 0 Å². The van der Waals surface area contributed by atoms with Gasteiger partial charge in [0.15, 0.2) is 0 Å². The summed E-state index contributed by atoms with van der Waals surface area (Å²) in [5, 5.41) is 9.92. The number of amides is 4. The summed E-state index contributed by atoms with van der Waals surface area (Å²) in [6.45, 7) is 7.49. The van der Waals surface area contributed by atoms with E-state index in [4.69, 9.17) is 5.73 Å². The summed E-state index contributed by atoms with van der Waals surface area (Å²) in [4.78, 5) is 59.4. The Morgan fingerprint density at radius 2 is 1.62 bits per heavy atom. The minimum atomic E-state index is -1.18. The third kappa shape index (κ3) is 9.62. The minimum absolute atomic E-state index is 0.0571. The lowest BCUT2D eigenvalue weighted by Gasteiger charge is -2.46. The Morgan fingerprint density at radius 1 is 0.917 bits per heavy atom. The summed E-state index contributed by atoms with van der Waals surface area (Å²) in [6, 6.07) is 19.0. The van der Waals surface area contributed by atoms with Crippen LogP contribution in [0.15, 0.2) is 66.7 Å². The van der Waals surface area contributed by atoms with Crippen LogP contribution in [0.25, 0.3) is 10.9 Å². The lowest BCUT2D eigenvalue weighted by Crippen LogP contribution is -2.58. The molecule has 5 atom stereocenters. The number of piperidine rings is 1. The summed E-state index contributed by atoms with van der Waals surface area (Å²) in [6.07, 6.45) is 6.43. The van der Waals surface area contributed by atoms with Crippen LogP contribution in [0, 0.1) is 11.8 Å². The molecule has 10 heteroatoms. The number of carbonyl (C=O) groups excluding carboxylic acids is 4. The maximum absolute atomic E-state index is 13.8. The molecule has 1 saturated heterocycles. The van der Waals surface area contributed by atoms with Crippen LogP contribution in [0.1, 0.15) is 81.8 Å². The van der Waals surface area contributed by atoms with Crippen LogP contribution in [0.2, 0.25) is 0 Å². The number of likely N-dealkylation sites (tertiary alicyclic amines) is 1. The van der Waals surface area contributed by atoms with Crippen molar-refractivity contribution in [3.05, 3.63) is 78.0 Å². The Hall–Kier alpha value is -4.31. The molecule has 0 radical (unpaired) electrons. The topological polar surface area (TPSA) is 147 Å². The Labute approximate surface area is 283 Å². The molecule has 48 heavy (non-hydrogen) atoms. The molecule has 256 valence electrons. The lowest BCUT2D eigenvalue weighted by molar-refractivity contribution is -0.132. The molecule has 0 bridgehead atoms. The zero-order chi connectivity index (χ0) is 34.3. The number of aromatic nitrogens is 1. The SMILES string of the molecule is CC(C)(C)NC(=O)C1CC2CCCCC2CN1CC[C@H](Cc1ccccc1)NC(=O)C(CC(N)=O)NC(=O)c1ccc2ccccc2n1. The molecule has 1 aliphatic heterocycles. The number of nitrogens with zero attached hydrogens (tertiary/aromatic N) is 2. The normalized spacial score (nSPS) is 21.0. The molecule has 0 spiro atoms. The number of benzene rings is 2. The molecule has 2 aromatic carbocycles. The molecule has 2 fully saturated rings. The Balaban J connectivity index is 1.32. The van der Waals surface area contributed by atoms with Crippen molar-refractivity contribution in [3.63, 3.8) is 0 Å². The highest BCUT2D eigenvalue weighted by molar-refractivity contribution is 5.99. The fourth-order valence-corrected chi connectivity index (χ4v) is 7.25. The monoisotopic (exact) mass is 654 g/mol. The number of para-hydroxylation sites is 1. The minimum Gasteiger partial charge on any atom is -0.370 e. The van der Waals surface area contributed by atoms with Crippen LogP contribution < -0.4 is 21.7 Å². The first kappa shape index (κ1) is 35.0. The van der Waals surface area contributed by atoms with Gasteiger partial charge in [-0.2, -0.15) is 0 Å². The summed E-state index contributed by atoms with van der Waals surface area (Å²) in [5.41, 5.74) is 7.04. The van der Waals surface area contributed by atoms with E-state index in [0.29, 0.717) is 36.7 Å². The van der Waals surface area contributed by atoms with E-state index in [1.165, 1.54) is 25.7 Å². The van der Waals surface area contributed by atoms with Gasteiger partial charge in [-0.1, -0.05) is 73.9 Å². The molecular weight excluding hydrogens is 604 g/mol. The highest BCUT2D eigenvalue weighted by Gasteiger charge is 2.40. The Bertz CT molecular complexity index is 1590. The van der Waals surface area contributed by atoms with Gasteiger partial charge in [-0.25, -0.2) is 4.98 Å². The first-order chi connectivity index (χ1) is 22.9. The smallest absolute Gasteiger partial charge is 0.270 e. The van der Waals surface area contributed by atoms with Gasteiger partial charge in [-0.05, 0) is 76.0 Å². The van der Waals surface area contributed by atoms with Crippen molar-refractivity contribution in [3.8, 4) is 0 Å². The Kier molecular flexibility index (Phi) is 11.5. The van der Waals surface area contributed by atoms with Crippen LogP contribution in [0.5, 0.6) is 0 Å². The molecular formula is C38H50N6O4. The van der Waals surface area contributed by atoms with Crippen molar-refractivity contribution in [2.75, 3.05) is 13.1 Å². The number of hydrogen-bond acceptors (Lipinski definition) is 6. The van der Waals surface area contributed by atoms with E-state index in [1.54, 1.807) is 12.1 Å². The third-order valence-corrected chi connectivity index (χ3v) is 9.60. The maximum Gasteiger partial charge on any atom is 0.270 e. The number of rotatable bonds is 12. The average Bonchev–Trinajstić information content (AvgIpc) is 3.05. The maximum atomic E-state index is 13.8. The number of pyridine rings is 1. The van der Waals surface area contributed by atoms with E-state index in [2.05, 4.69) is 25.8 Å². The second kappa shape index (κ2) is 15.7. The quantitative estimate of drug-likeness (QED) is 0.231. The van der Waals surface area contributed by atoms with Gasteiger partial charge in [-0.3, -0.25) is 24.1 Å². The van der Waals surface area contributed by atoms with Crippen LogP contribution in [-0.2, 0) is 20.8 Å². The largest absolute Gasteiger partial charge is 0.370 e. The fourth-order valence-electron chi connectivity index (χ4n) is 7.25. The number of nitrogens with one attached hydrogen (secondary N) is 3. The first-order valence-corrected chi connectivity index (χ1v) is 17.3. The summed E-state index contributed by atoms with van der Waals surface area (Å²) in [7, 11) is 0. The van der Waals surface area contributed by atoms with Crippen molar-refractivity contribution in [2.24, 2.45) is 17.6 Å². The highest BCUT2D eigenvalue weighted by Crippen LogP contribution is 2.39.